The number of aromatic nitrogens is 3. The zero-order chi connectivity index (χ0) is 25.5. The lowest BCUT2D eigenvalue weighted by Crippen LogP contribution is -2.24. The van der Waals surface area contributed by atoms with Gasteiger partial charge in [0.25, 0.3) is 11.5 Å². The van der Waals surface area contributed by atoms with Gasteiger partial charge in [-0.2, -0.15) is 0 Å². The normalized spacial score (nSPS) is 11.5. The molecule has 1 N–H and O–H groups in total. The van der Waals surface area contributed by atoms with Gasteiger partial charge < -0.3 is 14.6 Å². The molecule has 35 heavy (non-hydrogen) atoms. The smallest absolute Gasteiger partial charge is 0.406 e. The number of hydrogen-bond donors (Lipinski definition) is 1. The Labute approximate surface area is 195 Å². The quantitative estimate of drug-likeness (QED) is 0.408. The highest BCUT2D eigenvalue weighted by Crippen LogP contribution is 2.30. The van der Waals surface area contributed by atoms with Crippen LogP contribution in [0.2, 0.25) is 0 Å². The Balaban J connectivity index is 1.61. The predicted octanol–water partition coefficient (Wildman–Crippen LogP) is 4.74. The topological polar surface area (TPSA) is 91.3 Å². The van der Waals surface area contributed by atoms with E-state index >= 15 is 0 Å². The molecule has 1 amide bonds. The first-order valence-electron chi connectivity index (χ1n) is 10.1. The van der Waals surface area contributed by atoms with Crippen molar-refractivity contribution in [3.8, 4) is 22.8 Å². The van der Waals surface area contributed by atoms with E-state index < -0.39 is 29.4 Å². The summed E-state index contributed by atoms with van der Waals surface area (Å²) in [5.41, 5.74) is 0.199. The summed E-state index contributed by atoms with van der Waals surface area (Å²) in [5, 5.41) is 6.26. The summed E-state index contributed by atoms with van der Waals surface area (Å²) < 4.78 is 62.9. The van der Waals surface area contributed by atoms with Gasteiger partial charge in [0.1, 0.15) is 22.9 Å². The first kappa shape index (κ1) is 23.8. The third-order valence-corrected chi connectivity index (χ3v) is 5.36. The van der Waals surface area contributed by atoms with Gasteiger partial charge in [-0.25, -0.2) is 9.07 Å². The molecule has 0 aliphatic rings. The van der Waals surface area contributed by atoms with Gasteiger partial charge in [-0.3, -0.25) is 14.3 Å². The van der Waals surface area contributed by atoms with Gasteiger partial charge in [0, 0.05) is 18.2 Å². The molecule has 0 aliphatic carbocycles. The summed E-state index contributed by atoms with van der Waals surface area (Å²) in [6.07, 6.45) is -4.82. The average Bonchev–Trinajstić information content (AvgIpc) is 3.27. The van der Waals surface area contributed by atoms with E-state index in [4.69, 9.17) is 4.52 Å². The minimum absolute atomic E-state index is 0.0152. The van der Waals surface area contributed by atoms with Crippen LogP contribution in [0, 0.1) is 19.7 Å². The van der Waals surface area contributed by atoms with Crippen LogP contribution in [0.25, 0.3) is 17.0 Å². The maximum atomic E-state index is 14.3. The number of ether oxygens (including phenoxy) is 1. The molecule has 0 radical (unpaired) electrons. The van der Waals surface area contributed by atoms with E-state index in [0.29, 0.717) is 16.8 Å². The molecular weight excluding hydrogens is 472 g/mol. The van der Waals surface area contributed by atoms with Gasteiger partial charge in [0.2, 0.25) is 0 Å². The summed E-state index contributed by atoms with van der Waals surface area (Å²) in [6.45, 7) is 3.12. The number of anilines is 1. The lowest BCUT2D eigenvalue weighted by atomic mass is 10.1. The van der Waals surface area contributed by atoms with Gasteiger partial charge in [-0.15, -0.1) is 13.2 Å². The Morgan fingerprint density at radius 2 is 1.74 bits per heavy atom. The number of carbonyl (C=O) groups excluding carboxylic acids is 1. The monoisotopic (exact) mass is 490 g/mol. The molecular formula is C23H18F4N4O4. The highest BCUT2D eigenvalue weighted by Gasteiger charge is 2.31. The number of para-hydroxylation sites is 1. The Morgan fingerprint density at radius 1 is 1.09 bits per heavy atom. The van der Waals surface area contributed by atoms with Crippen molar-refractivity contribution in [1.29, 1.82) is 0 Å². The molecule has 2 aromatic heterocycles. The van der Waals surface area contributed by atoms with Crippen molar-refractivity contribution < 1.29 is 31.6 Å². The molecule has 0 unspecified atom stereocenters. The van der Waals surface area contributed by atoms with E-state index in [2.05, 4.69) is 15.2 Å². The number of alkyl halides is 3. The molecule has 0 saturated heterocycles. The second-order valence-corrected chi connectivity index (χ2v) is 7.56. The highest BCUT2D eigenvalue weighted by atomic mass is 19.4. The van der Waals surface area contributed by atoms with Crippen LogP contribution in [0.5, 0.6) is 5.75 Å². The highest BCUT2D eigenvalue weighted by molar-refractivity contribution is 6.04. The maximum absolute atomic E-state index is 14.3. The molecule has 8 nitrogen and oxygen atoms in total. The lowest BCUT2D eigenvalue weighted by Gasteiger charge is -2.08. The Bertz CT molecular complexity index is 1470. The zero-order valence-electron chi connectivity index (χ0n) is 18.6. The minimum Gasteiger partial charge on any atom is -0.406 e. The van der Waals surface area contributed by atoms with Crippen LogP contribution in [0.4, 0.5) is 23.2 Å². The number of halogens is 4. The van der Waals surface area contributed by atoms with Crippen LogP contribution in [0.15, 0.2) is 57.8 Å². The van der Waals surface area contributed by atoms with Crippen molar-refractivity contribution in [2.24, 2.45) is 7.05 Å². The van der Waals surface area contributed by atoms with Crippen LogP contribution < -0.4 is 15.6 Å². The number of rotatable bonds is 5. The van der Waals surface area contributed by atoms with E-state index in [1.54, 1.807) is 20.0 Å². The first-order chi connectivity index (χ1) is 16.5. The van der Waals surface area contributed by atoms with Crippen LogP contribution in [0.1, 0.15) is 21.7 Å². The number of benzene rings is 2. The molecule has 12 heteroatoms. The lowest BCUT2D eigenvalue weighted by molar-refractivity contribution is -0.274. The van der Waals surface area contributed by atoms with Crippen molar-refractivity contribution in [1.82, 2.24) is 14.5 Å². The van der Waals surface area contributed by atoms with Crippen molar-refractivity contribution in [2.75, 3.05) is 5.32 Å². The number of amides is 1. The van der Waals surface area contributed by atoms with E-state index in [1.807, 2.05) is 0 Å². The number of hydrogen-bond acceptors (Lipinski definition) is 5. The van der Waals surface area contributed by atoms with Crippen molar-refractivity contribution in [3.05, 3.63) is 81.7 Å². The fourth-order valence-corrected chi connectivity index (χ4v) is 3.54. The molecule has 2 heterocycles. The van der Waals surface area contributed by atoms with Gasteiger partial charge in [0.15, 0.2) is 11.5 Å². The number of carbonyl (C=O) groups is 1. The molecule has 4 rings (SSSR count). The largest absolute Gasteiger partial charge is 0.573 e. The summed E-state index contributed by atoms with van der Waals surface area (Å²) in [5.74, 6) is -1.62. The maximum Gasteiger partial charge on any atom is 0.573 e. The van der Waals surface area contributed by atoms with Gasteiger partial charge in [-0.1, -0.05) is 17.3 Å². The van der Waals surface area contributed by atoms with Crippen LogP contribution in [-0.2, 0) is 7.05 Å². The van der Waals surface area contributed by atoms with E-state index in [1.165, 1.54) is 41.9 Å². The van der Waals surface area contributed by atoms with Gasteiger partial charge in [0.05, 0.1) is 5.69 Å². The van der Waals surface area contributed by atoms with Crippen molar-refractivity contribution >= 4 is 11.6 Å². The number of nitrogens with one attached hydrogen (secondary N) is 1. The summed E-state index contributed by atoms with van der Waals surface area (Å²) >= 11 is 0. The van der Waals surface area contributed by atoms with Crippen LogP contribution in [-0.4, -0.2) is 26.8 Å². The van der Waals surface area contributed by atoms with Crippen LogP contribution >= 0.6 is 0 Å². The zero-order valence-corrected chi connectivity index (χ0v) is 18.6. The van der Waals surface area contributed by atoms with Gasteiger partial charge in [-0.05, 0) is 50.2 Å². The third-order valence-electron chi connectivity index (χ3n) is 5.36. The molecule has 4 aromatic rings. The van der Waals surface area contributed by atoms with E-state index in [0.717, 1.165) is 16.8 Å². The molecule has 0 bridgehead atoms. The molecule has 0 fully saturated rings. The van der Waals surface area contributed by atoms with Crippen molar-refractivity contribution in [3.63, 3.8) is 0 Å². The van der Waals surface area contributed by atoms with Crippen LogP contribution in [0.3, 0.4) is 0 Å². The molecule has 0 saturated carbocycles. The van der Waals surface area contributed by atoms with E-state index in [9.17, 15) is 27.2 Å². The Hall–Kier alpha value is -4.35. The molecule has 182 valence electrons. The third kappa shape index (κ3) is 4.54. The first-order valence-corrected chi connectivity index (χ1v) is 10.1. The minimum atomic E-state index is -4.82. The molecule has 0 aliphatic heterocycles. The second kappa shape index (κ2) is 8.78. The molecule has 0 spiro atoms. The fraction of sp³-hybridized carbons (Fsp3) is 0.174. The Morgan fingerprint density at radius 3 is 2.37 bits per heavy atom. The number of nitrogens with zero attached hydrogens (tertiary/aromatic N) is 3. The summed E-state index contributed by atoms with van der Waals surface area (Å²) in [4.78, 5) is 25.9. The summed E-state index contributed by atoms with van der Waals surface area (Å²) in [7, 11) is 1.55. The molecule has 2 aromatic carbocycles. The van der Waals surface area contributed by atoms with Crippen molar-refractivity contribution in [2.45, 2.75) is 20.2 Å². The molecule has 0 atom stereocenters. The Kier molecular flexibility index (Phi) is 5.97. The summed E-state index contributed by atoms with van der Waals surface area (Å²) in [6, 6.07) is 10.6. The standard InChI is InChI=1S/C23H18F4N4O4/c1-12-18(29-35-20(12)14-8-10-15(11-9-14)34-23(25,26)27)21(32)28-19-13(2)30(3)31(22(19)33)17-7-5-4-6-16(17)24/h4-11H,1-3H3,(H,28,32). The van der Waals surface area contributed by atoms with Gasteiger partial charge >= 0.3 is 6.36 Å². The second-order valence-electron chi connectivity index (χ2n) is 7.56. The fourth-order valence-electron chi connectivity index (χ4n) is 3.54. The SMILES string of the molecule is Cc1c(C(=O)Nc2c(C)n(C)n(-c3ccccc3F)c2=O)noc1-c1ccc(OC(F)(F)F)cc1. The average molecular weight is 490 g/mol. The van der Waals surface area contributed by atoms with E-state index in [-0.39, 0.29) is 22.8 Å². The predicted molar refractivity (Wildman–Crippen MR) is 117 cm³/mol.